The monoisotopic (exact) mass is 296 g/mol. The van der Waals surface area contributed by atoms with Crippen LogP contribution in [0, 0.1) is 25.2 Å². The molecule has 5 heteroatoms. The van der Waals surface area contributed by atoms with Crippen LogP contribution in [0.25, 0.3) is 0 Å². The molecule has 2 rings (SSSR count). The molecule has 1 atom stereocenters. The molecule has 1 fully saturated rings. The number of nitriles is 1. The Morgan fingerprint density at radius 2 is 2.24 bits per heavy atom. The molecule has 4 nitrogen and oxygen atoms in total. The highest BCUT2D eigenvalue weighted by molar-refractivity contribution is 9.10. The molecule has 1 saturated carbocycles. The van der Waals surface area contributed by atoms with Crippen LogP contribution in [0.4, 0.5) is 0 Å². The van der Waals surface area contributed by atoms with Crippen LogP contribution >= 0.6 is 15.9 Å². The van der Waals surface area contributed by atoms with Gasteiger partial charge in [0.25, 0.3) is 0 Å². The molecular weight excluding hydrogens is 280 g/mol. The minimum Gasteiger partial charge on any atom is -0.295 e. The predicted octanol–water partition coefficient (Wildman–Crippen LogP) is 2.30. The molecule has 0 spiro atoms. The van der Waals surface area contributed by atoms with E-state index >= 15 is 0 Å². The van der Waals surface area contributed by atoms with Crippen molar-refractivity contribution in [2.24, 2.45) is 0 Å². The van der Waals surface area contributed by atoms with E-state index in [1.165, 1.54) is 12.8 Å². The topological polar surface area (TPSA) is 53.6 Å². The number of nitrogens with one attached hydrogen (secondary N) is 1. The lowest BCUT2D eigenvalue weighted by atomic mass is 10.0. The Labute approximate surface area is 110 Å². The lowest BCUT2D eigenvalue weighted by molar-refractivity contribution is 0.363. The number of hydrogen-bond donors (Lipinski definition) is 1. The van der Waals surface area contributed by atoms with Crippen LogP contribution in [0.3, 0.4) is 0 Å². The molecule has 1 heterocycles. The molecule has 1 N–H and O–H groups in total. The first-order valence-corrected chi connectivity index (χ1v) is 6.63. The van der Waals surface area contributed by atoms with E-state index in [0.29, 0.717) is 12.6 Å². The van der Waals surface area contributed by atoms with Crippen LogP contribution in [0.15, 0.2) is 4.47 Å². The smallest absolute Gasteiger partial charge is 0.123 e. The molecule has 1 aliphatic rings. The highest BCUT2D eigenvalue weighted by Crippen LogP contribution is 2.25. The summed E-state index contributed by atoms with van der Waals surface area (Å²) in [5.74, 6) is 0. The fourth-order valence-electron chi connectivity index (χ4n) is 1.92. The first-order chi connectivity index (χ1) is 7.95. The number of aromatic nitrogens is 2. The summed E-state index contributed by atoms with van der Waals surface area (Å²) in [4.78, 5) is 0. The first-order valence-electron chi connectivity index (χ1n) is 5.83. The van der Waals surface area contributed by atoms with Gasteiger partial charge in [0.15, 0.2) is 0 Å². The van der Waals surface area contributed by atoms with Crippen molar-refractivity contribution in [3.05, 3.63) is 15.9 Å². The van der Waals surface area contributed by atoms with Gasteiger partial charge in [0.1, 0.15) is 5.54 Å². The Bertz CT molecular complexity index is 470. The molecular formula is C12H17BrN4. The number of hydrogen-bond acceptors (Lipinski definition) is 3. The molecule has 0 aliphatic heterocycles. The summed E-state index contributed by atoms with van der Waals surface area (Å²) in [5.41, 5.74) is 1.50. The quantitative estimate of drug-likeness (QED) is 0.927. The summed E-state index contributed by atoms with van der Waals surface area (Å²) >= 11 is 3.51. The molecule has 1 aliphatic carbocycles. The highest BCUT2D eigenvalue weighted by Gasteiger charge is 2.33. The van der Waals surface area contributed by atoms with Gasteiger partial charge in [-0.15, -0.1) is 0 Å². The third-order valence-electron chi connectivity index (χ3n) is 3.11. The predicted molar refractivity (Wildman–Crippen MR) is 69.6 cm³/mol. The number of nitrogens with zero attached hydrogens (tertiary/aromatic N) is 3. The average molecular weight is 297 g/mol. The minimum absolute atomic E-state index is 0.514. The summed E-state index contributed by atoms with van der Waals surface area (Å²) in [5, 5.41) is 17.2. The Hall–Kier alpha value is -0.860. The minimum atomic E-state index is -0.538. The molecule has 17 heavy (non-hydrogen) atoms. The molecule has 1 aromatic rings. The van der Waals surface area contributed by atoms with Gasteiger partial charge in [-0.1, -0.05) is 0 Å². The van der Waals surface area contributed by atoms with Crippen molar-refractivity contribution in [3.8, 4) is 6.07 Å². The SMILES string of the molecule is Cc1nn(CC(C)(C#N)NC2CC2)c(C)c1Br. The van der Waals surface area contributed by atoms with E-state index in [2.05, 4.69) is 32.4 Å². The molecule has 1 aromatic heterocycles. The largest absolute Gasteiger partial charge is 0.295 e. The standard InChI is InChI=1S/C12H17BrN4/c1-8-11(13)9(2)17(16-8)7-12(3,6-14)15-10-4-5-10/h10,15H,4-5,7H2,1-3H3. The molecule has 0 bridgehead atoms. The van der Waals surface area contributed by atoms with Gasteiger partial charge >= 0.3 is 0 Å². The van der Waals surface area contributed by atoms with E-state index in [4.69, 9.17) is 0 Å². The van der Waals surface area contributed by atoms with Gasteiger partial charge in [0.05, 0.1) is 22.8 Å². The lowest BCUT2D eigenvalue weighted by Gasteiger charge is -2.23. The zero-order valence-corrected chi connectivity index (χ0v) is 12.0. The number of halogens is 1. The maximum Gasteiger partial charge on any atom is 0.123 e. The Morgan fingerprint density at radius 1 is 1.59 bits per heavy atom. The second-order valence-electron chi connectivity index (χ2n) is 5.00. The molecule has 92 valence electrons. The van der Waals surface area contributed by atoms with Crippen molar-refractivity contribution in [1.29, 1.82) is 5.26 Å². The van der Waals surface area contributed by atoms with Crippen LogP contribution in [-0.4, -0.2) is 21.4 Å². The maximum atomic E-state index is 9.32. The van der Waals surface area contributed by atoms with Gasteiger partial charge in [0.2, 0.25) is 0 Å². The van der Waals surface area contributed by atoms with Gasteiger partial charge < -0.3 is 0 Å². The zero-order valence-electron chi connectivity index (χ0n) is 10.4. The van der Waals surface area contributed by atoms with E-state index < -0.39 is 5.54 Å². The van der Waals surface area contributed by atoms with Crippen LogP contribution < -0.4 is 5.32 Å². The van der Waals surface area contributed by atoms with E-state index in [-0.39, 0.29) is 0 Å². The molecule has 0 radical (unpaired) electrons. The molecule has 1 unspecified atom stereocenters. The summed E-state index contributed by atoms with van der Waals surface area (Å²) in [6.45, 7) is 6.50. The van der Waals surface area contributed by atoms with Crippen molar-refractivity contribution in [3.63, 3.8) is 0 Å². The molecule has 0 amide bonds. The fourth-order valence-corrected chi connectivity index (χ4v) is 2.20. The van der Waals surface area contributed by atoms with Crippen LogP contribution in [0.5, 0.6) is 0 Å². The van der Waals surface area contributed by atoms with Crippen molar-refractivity contribution < 1.29 is 0 Å². The van der Waals surface area contributed by atoms with Gasteiger partial charge in [-0.2, -0.15) is 10.4 Å². The van der Waals surface area contributed by atoms with Crippen LogP contribution in [0.2, 0.25) is 0 Å². The van der Waals surface area contributed by atoms with E-state index in [1.807, 2.05) is 25.5 Å². The summed E-state index contributed by atoms with van der Waals surface area (Å²) in [7, 11) is 0. The van der Waals surface area contributed by atoms with Gasteiger partial charge in [-0.3, -0.25) is 10.00 Å². The van der Waals surface area contributed by atoms with Crippen LogP contribution in [-0.2, 0) is 6.54 Å². The van der Waals surface area contributed by atoms with Crippen LogP contribution in [0.1, 0.15) is 31.2 Å². The summed E-state index contributed by atoms with van der Waals surface area (Å²) in [6, 6.07) is 2.88. The van der Waals surface area contributed by atoms with Crippen molar-refractivity contribution in [2.45, 2.75) is 51.7 Å². The van der Waals surface area contributed by atoms with Gasteiger partial charge in [-0.05, 0) is 49.5 Å². The second kappa shape index (κ2) is 4.43. The van der Waals surface area contributed by atoms with E-state index in [0.717, 1.165) is 15.9 Å². The normalized spacial score (nSPS) is 18.8. The van der Waals surface area contributed by atoms with E-state index in [9.17, 15) is 5.26 Å². The fraction of sp³-hybridized carbons (Fsp3) is 0.667. The molecule has 0 aromatic carbocycles. The van der Waals surface area contributed by atoms with Crippen molar-refractivity contribution in [1.82, 2.24) is 15.1 Å². The third-order valence-corrected chi connectivity index (χ3v) is 4.25. The lowest BCUT2D eigenvalue weighted by Crippen LogP contribution is -2.46. The van der Waals surface area contributed by atoms with E-state index in [1.54, 1.807) is 0 Å². The number of aryl methyl sites for hydroxylation is 1. The molecule has 0 saturated heterocycles. The Balaban J connectivity index is 2.17. The first kappa shape index (κ1) is 12.6. The Kier molecular flexibility index (Phi) is 3.28. The average Bonchev–Trinajstić information content (AvgIpc) is 3.05. The van der Waals surface area contributed by atoms with Gasteiger partial charge in [-0.25, -0.2) is 0 Å². The van der Waals surface area contributed by atoms with Crippen molar-refractivity contribution in [2.75, 3.05) is 0 Å². The number of rotatable bonds is 4. The highest BCUT2D eigenvalue weighted by atomic mass is 79.9. The van der Waals surface area contributed by atoms with Crippen molar-refractivity contribution >= 4 is 15.9 Å². The third kappa shape index (κ3) is 2.70. The second-order valence-corrected chi connectivity index (χ2v) is 5.80. The van der Waals surface area contributed by atoms with Gasteiger partial charge in [0, 0.05) is 11.7 Å². The summed E-state index contributed by atoms with van der Waals surface area (Å²) < 4.78 is 2.93. The maximum absolute atomic E-state index is 9.32. The zero-order chi connectivity index (χ0) is 12.6. The Morgan fingerprint density at radius 3 is 2.65 bits per heavy atom. The summed E-state index contributed by atoms with van der Waals surface area (Å²) in [6.07, 6.45) is 2.36.